The maximum absolute atomic E-state index is 13.2. The van der Waals surface area contributed by atoms with E-state index in [2.05, 4.69) is 5.32 Å². The molecule has 3 N–H and O–H groups in total. The Morgan fingerprint density at radius 3 is 2.37 bits per heavy atom. The van der Waals surface area contributed by atoms with E-state index >= 15 is 0 Å². The van der Waals surface area contributed by atoms with Crippen molar-refractivity contribution < 1.29 is 33.0 Å². The van der Waals surface area contributed by atoms with E-state index in [1.54, 1.807) is 13.8 Å². The van der Waals surface area contributed by atoms with Gasteiger partial charge in [-0.05, 0) is 31.5 Å². The van der Waals surface area contributed by atoms with Crippen LogP contribution >= 0.6 is 0 Å². The van der Waals surface area contributed by atoms with Gasteiger partial charge in [0.05, 0.1) is 32.0 Å². The summed E-state index contributed by atoms with van der Waals surface area (Å²) in [4.78, 5) is 48.0. The molecule has 2 amide bonds. The molecule has 0 fully saturated rings. The molecule has 148 valence electrons. The second-order valence-electron chi connectivity index (χ2n) is 5.62. The molecule has 0 spiro atoms. The van der Waals surface area contributed by atoms with Gasteiger partial charge < -0.3 is 20.5 Å². The molecule has 1 rings (SSSR count). The molecule has 0 saturated carbocycles. The molecule has 0 radical (unpaired) electrons. The first-order valence-corrected chi connectivity index (χ1v) is 8.43. The molecular formula is C18H23FN2O6. The van der Waals surface area contributed by atoms with Crippen molar-refractivity contribution in [2.75, 3.05) is 13.2 Å². The lowest BCUT2D eigenvalue weighted by Crippen LogP contribution is -2.52. The first kappa shape index (κ1) is 22.1. The van der Waals surface area contributed by atoms with Crippen LogP contribution in [-0.4, -0.2) is 43.0 Å². The molecule has 2 atom stereocenters. The average molecular weight is 382 g/mol. The molecule has 0 saturated heterocycles. The van der Waals surface area contributed by atoms with Gasteiger partial charge in [-0.3, -0.25) is 19.2 Å². The van der Waals surface area contributed by atoms with Gasteiger partial charge in [-0.15, -0.1) is 0 Å². The molecule has 0 aromatic heterocycles. The molecule has 8 nitrogen and oxygen atoms in total. The van der Waals surface area contributed by atoms with Crippen molar-refractivity contribution in [1.82, 2.24) is 5.32 Å². The number of amides is 2. The van der Waals surface area contributed by atoms with Gasteiger partial charge in [-0.2, -0.15) is 0 Å². The van der Waals surface area contributed by atoms with Gasteiger partial charge in [0.2, 0.25) is 11.8 Å². The lowest BCUT2D eigenvalue weighted by Gasteiger charge is -2.23. The molecule has 0 aliphatic carbocycles. The largest absolute Gasteiger partial charge is 0.466 e. The van der Waals surface area contributed by atoms with Gasteiger partial charge in [-0.25, -0.2) is 4.39 Å². The molecule has 27 heavy (non-hydrogen) atoms. The number of rotatable bonds is 10. The van der Waals surface area contributed by atoms with Gasteiger partial charge in [0, 0.05) is 0 Å². The fraction of sp³-hybridized carbons (Fsp3) is 0.444. The van der Waals surface area contributed by atoms with Gasteiger partial charge in [0.1, 0.15) is 11.9 Å². The van der Waals surface area contributed by atoms with E-state index in [1.165, 1.54) is 24.3 Å². The number of carbonyl (C=O) groups excluding carboxylic acids is 4. The first-order chi connectivity index (χ1) is 12.8. The minimum Gasteiger partial charge on any atom is -0.466 e. The highest BCUT2D eigenvalue weighted by Crippen LogP contribution is 2.14. The van der Waals surface area contributed by atoms with Gasteiger partial charge in [-0.1, -0.05) is 12.1 Å². The summed E-state index contributed by atoms with van der Waals surface area (Å²) in [5.41, 5.74) is 5.68. The van der Waals surface area contributed by atoms with E-state index in [0.717, 1.165) is 0 Å². The monoisotopic (exact) mass is 382 g/mol. The fourth-order valence-electron chi connectivity index (χ4n) is 2.41. The van der Waals surface area contributed by atoms with Crippen LogP contribution < -0.4 is 11.1 Å². The van der Waals surface area contributed by atoms with E-state index in [4.69, 9.17) is 15.2 Å². The van der Waals surface area contributed by atoms with Crippen LogP contribution in [0.25, 0.3) is 0 Å². The molecule has 0 unspecified atom stereocenters. The smallest absolute Gasteiger partial charge is 0.312 e. The van der Waals surface area contributed by atoms with E-state index in [0.29, 0.717) is 5.56 Å². The zero-order valence-electron chi connectivity index (χ0n) is 15.2. The summed E-state index contributed by atoms with van der Waals surface area (Å²) in [6.45, 7) is 3.24. The van der Waals surface area contributed by atoms with E-state index in [-0.39, 0.29) is 19.6 Å². The zero-order chi connectivity index (χ0) is 20.4. The quantitative estimate of drug-likeness (QED) is 0.567. The van der Waals surface area contributed by atoms with Crippen LogP contribution in [0.5, 0.6) is 0 Å². The highest BCUT2D eigenvalue weighted by molar-refractivity contribution is 5.93. The topological polar surface area (TPSA) is 125 Å². The average Bonchev–Trinajstić information content (AvgIpc) is 2.58. The van der Waals surface area contributed by atoms with E-state index < -0.39 is 48.0 Å². The number of carbonyl (C=O) groups is 4. The lowest BCUT2D eigenvalue weighted by molar-refractivity contribution is -0.157. The minimum absolute atomic E-state index is 0.0148. The van der Waals surface area contributed by atoms with Crippen molar-refractivity contribution in [3.63, 3.8) is 0 Å². The summed E-state index contributed by atoms with van der Waals surface area (Å²) >= 11 is 0. The Morgan fingerprint density at radius 2 is 1.81 bits per heavy atom. The highest BCUT2D eigenvalue weighted by atomic mass is 19.1. The van der Waals surface area contributed by atoms with Crippen molar-refractivity contribution in [3.8, 4) is 0 Å². The second kappa shape index (κ2) is 10.9. The number of primary amides is 1. The molecule has 0 aliphatic rings. The third-order valence-electron chi connectivity index (χ3n) is 3.56. The summed E-state index contributed by atoms with van der Waals surface area (Å²) < 4.78 is 22.9. The Morgan fingerprint density at radius 1 is 1.15 bits per heavy atom. The maximum Gasteiger partial charge on any atom is 0.312 e. The van der Waals surface area contributed by atoms with Crippen molar-refractivity contribution >= 4 is 23.8 Å². The molecule has 1 aromatic rings. The molecule has 0 bridgehead atoms. The van der Waals surface area contributed by atoms with Crippen LogP contribution in [0.4, 0.5) is 4.39 Å². The van der Waals surface area contributed by atoms with Gasteiger partial charge in [0.15, 0.2) is 0 Å². The maximum atomic E-state index is 13.2. The molecule has 0 heterocycles. The SMILES string of the molecule is CCOC(=O)C[C@H](C(=O)OCC)[C@H](NC(=O)Cc1cccc(F)c1)C(N)=O. The summed E-state index contributed by atoms with van der Waals surface area (Å²) in [7, 11) is 0. The number of nitrogens with one attached hydrogen (secondary N) is 1. The van der Waals surface area contributed by atoms with Crippen molar-refractivity contribution in [1.29, 1.82) is 0 Å². The minimum atomic E-state index is -1.48. The van der Waals surface area contributed by atoms with Crippen molar-refractivity contribution in [2.45, 2.75) is 32.7 Å². The Balaban J connectivity index is 2.94. The normalized spacial score (nSPS) is 12.6. The Kier molecular flexibility index (Phi) is 8.91. The van der Waals surface area contributed by atoms with Gasteiger partial charge >= 0.3 is 11.9 Å². The Bertz CT molecular complexity index is 694. The van der Waals surface area contributed by atoms with Crippen LogP contribution in [0.2, 0.25) is 0 Å². The van der Waals surface area contributed by atoms with Crippen LogP contribution in [0.15, 0.2) is 24.3 Å². The molecule has 9 heteroatoms. The van der Waals surface area contributed by atoms with E-state index in [9.17, 15) is 23.6 Å². The van der Waals surface area contributed by atoms with Crippen LogP contribution in [0.1, 0.15) is 25.8 Å². The standard InChI is InChI=1S/C18H23FN2O6/c1-3-26-15(23)10-13(18(25)27-4-2)16(17(20)24)21-14(22)9-11-6-5-7-12(19)8-11/h5-8,13,16H,3-4,9-10H2,1-2H3,(H2,20,24)(H,21,22)/t13-,16-/m0/s1. The molecule has 1 aromatic carbocycles. The van der Waals surface area contributed by atoms with Crippen molar-refractivity contribution in [2.24, 2.45) is 11.7 Å². The lowest BCUT2D eigenvalue weighted by atomic mass is 9.95. The summed E-state index contributed by atoms with van der Waals surface area (Å²) in [5.74, 6) is -5.12. The third-order valence-corrected chi connectivity index (χ3v) is 3.56. The number of benzene rings is 1. The number of esters is 2. The predicted molar refractivity (Wildman–Crippen MR) is 92.6 cm³/mol. The highest BCUT2D eigenvalue weighted by Gasteiger charge is 2.37. The van der Waals surface area contributed by atoms with Crippen LogP contribution in [0, 0.1) is 11.7 Å². The first-order valence-electron chi connectivity index (χ1n) is 8.43. The van der Waals surface area contributed by atoms with Crippen molar-refractivity contribution in [3.05, 3.63) is 35.6 Å². The number of hydrogen-bond donors (Lipinski definition) is 2. The Hall–Kier alpha value is -2.97. The Labute approximate surface area is 156 Å². The summed E-state index contributed by atoms with van der Waals surface area (Å²) in [6, 6.07) is 3.88. The summed E-state index contributed by atoms with van der Waals surface area (Å²) in [6.07, 6.45) is -0.725. The van der Waals surface area contributed by atoms with E-state index in [1.807, 2.05) is 0 Å². The number of nitrogens with two attached hydrogens (primary N) is 1. The number of hydrogen-bond acceptors (Lipinski definition) is 6. The van der Waals surface area contributed by atoms with Gasteiger partial charge in [0.25, 0.3) is 0 Å². The summed E-state index contributed by atoms with van der Waals surface area (Å²) in [5, 5.41) is 2.33. The fourth-order valence-corrected chi connectivity index (χ4v) is 2.41. The van der Waals surface area contributed by atoms with Crippen LogP contribution in [0.3, 0.4) is 0 Å². The number of halogens is 1. The predicted octanol–water partition coefficient (Wildman–Crippen LogP) is 0.471. The number of ether oxygens (including phenoxy) is 2. The van der Waals surface area contributed by atoms with Crippen LogP contribution in [-0.2, 0) is 35.1 Å². The molecule has 0 aliphatic heterocycles. The zero-order valence-corrected chi connectivity index (χ0v) is 15.2. The third kappa shape index (κ3) is 7.43. The molecular weight excluding hydrogens is 359 g/mol. The second-order valence-corrected chi connectivity index (χ2v) is 5.62.